The van der Waals surface area contributed by atoms with Crippen LogP contribution in [-0.2, 0) is 4.79 Å². The Hall–Kier alpha value is -3.70. The van der Waals surface area contributed by atoms with E-state index in [9.17, 15) is 18.8 Å². The van der Waals surface area contributed by atoms with Crippen molar-refractivity contribution in [2.24, 2.45) is 0 Å². The predicted molar refractivity (Wildman–Crippen MR) is 163 cm³/mol. The molecule has 1 fully saturated rings. The van der Waals surface area contributed by atoms with Crippen molar-refractivity contribution in [3.05, 3.63) is 69.4 Å². The van der Waals surface area contributed by atoms with E-state index in [0.29, 0.717) is 11.3 Å². The number of nitrogens with zero attached hydrogens (tertiary/aromatic N) is 2. The first-order chi connectivity index (χ1) is 19.9. The molecule has 0 unspecified atom stereocenters. The van der Waals surface area contributed by atoms with Gasteiger partial charge in [0.05, 0.1) is 17.8 Å². The minimum Gasteiger partial charge on any atom is -0.497 e. The number of amides is 3. The third-order valence-electron chi connectivity index (χ3n) is 6.91. The van der Waals surface area contributed by atoms with E-state index in [-0.39, 0.29) is 33.0 Å². The predicted octanol–water partition coefficient (Wildman–Crippen LogP) is 5.89. The lowest BCUT2D eigenvalue weighted by Crippen LogP contribution is -2.49. The Labute approximate surface area is 253 Å². The Balaban J connectivity index is 1.80. The Kier molecular flexibility index (Phi) is 9.73. The maximum absolute atomic E-state index is 14.3. The summed E-state index contributed by atoms with van der Waals surface area (Å²) in [5.41, 5.74) is 6.18. The summed E-state index contributed by atoms with van der Waals surface area (Å²) in [7, 11) is 1.52. The average Bonchev–Trinajstić information content (AvgIpc) is 3.34. The van der Waals surface area contributed by atoms with Crippen LogP contribution in [0, 0.1) is 5.82 Å². The minimum absolute atomic E-state index is 0.0184. The maximum Gasteiger partial charge on any atom is 0.273 e. The van der Waals surface area contributed by atoms with E-state index >= 15 is 0 Å². The number of carbonyl (C=O) groups is 3. The van der Waals surface area contributed by atoms with Gasteiger partial charge >= 0.3 is 0 Å². The number of hydrogen-bond acceptors (Lipinski definition) is 7. The van der Waals surface area contributed by atoms with Gasteiger partial charge in [0, 0.05) is 17.3 Å². The van der Waals surface area contributed by atoms with Gasteiger partial charge in [0.25, 0.3) is 11.8 Å². The quantitative estimate of drug-likeness (QED) is 0.290. The molecule has 9 nitrogen and oxygen atoms in total. The summed E-state index contributed by atoms with van der Waals surface area (Å²) in [6.45, 7) is 5.44. The van der Waals surface area contributed by atoms with Crippen LogP contribution in [0.2, 0.25) is 5.02 Å². The molecule has 0 radical (unpaired) electrons. The first-order valence-corrected chi connectivity index (χ1v) is 14.9. The second-order valence-corrected chi connectivity index (χ2v) is 12.5. The molecule has 1 aliphatic rings. The first-order valence-electron chi connectivity index (χ1n) is 13.7. The van der Waals surface area contributed by atoms with Gasteiger partial charge in [0.15, 0.2) is 5.69 Å². The van der Waals surface area contributed by atoms with Crippen molar-refractivity contribution >= 4 is 52.2 Å². The first kappa shape index (κ1) is 31.2. The number of nitrogen functional groups attached to an aromatic ring is 1. The van der Waals surface area contributed by atoms with Crippen molar-refractivity contribution in [2.75, 3.05) is 17.7 Å². The van der Waals surface area contributed by atoms with Crippen molar-refractivity contribution in [1.29, 1.82) is 0 Å². The number of benzene rings is 2. The molecular formula is C30H35ClFN5O4S. The number of hydrogen-bond donors (Lipinski definition) is 3. The van der Waals surface area contributed by atoms with Crippen molar-refractivity contribution in [1.82, 2.24) is 15.0 Å². The lowest BCUT2D eigenvalue weighted by atomic mass is 9.95. The molecule has 4 N–H and O–H groups in total. The highest BCUT2D eigenvalue weighted by Gasteiger charge is 2.37. The van der Waals surface area contributed by atoms with Crippen LogP contribution in [-0.4, -0.2) is 40.8 Å². The van der Waals surface area contributed by atoms with E-state index in [2.05, 4.69) is 15.0 Å². The number of ether oxygens (including phenoxy) is 1. The van der Waals surface area contributed by atoms with E-state index in [0.717, 1.165) is 49.7 Å². The van der Waals surface area contributed by atoms with Gasteiger partial charge in [-0.1, -0.05) is 43.0 Å². The van der Waals surface area contributed by atoms with Crippen LogP contribution in [0.1, 0.15) is 84.6 Å². The van der Waals surface area contributed by atoms with E-state index in [4.69, 9.17) is 22.1 Å². The minimum atomic E-state index is -1.23. The Bertz CT molecular complexity index is 1450. The maximum atomic E-state index is 14.3. The highest BCUT2D eigenvalue weighted by Crippen LogP contribution is 2.35. The molecule has 0 saturated heterocycles. The zero-order chi connectivity index (χ0) is 30.6. The van der Waals surface area contributed by atoms with Crippen molar-refractivity contribution in [3.63, 3.8) is 0 Å². The van der Waals surface area contributed by atoms with E-state index in [1.54, 1.807) is 24.3 Å². The number of nitrogens with two attached hydrogens (primary N) is 1. The fourth-order valence-electron chi connectivity index (χ4n) is 4.89. The third kappa shape index (κ3) is 7.19. The second-order valence-electron chi connectivity index (χ2n) is 11.3. The van der Waals surface area contributed by atoms with Crippen LogP contribution in [0.3, 0.4) is 0 Å². The monoisotopic (exact) mass is 615 g/mol. The number of nitrogens with one attached hydrogen (secondary N) is 2. The van der Waals surface area contributed by atoms with Crippen LogP contribution in [0.15, 0.2) is 42.5 Å². The zero-order valence-corrected chi connectivity index (χ0v) is 25.6. The van der Waals surface area contributed by atoms with E-state index in [1.165, 1.54) is 24.1 Å². The van der Waals surface area contributed by atoms with Crippen molar-refractivity contribution < 1.29 is 23.5 Å². The molecule has 1 aliphatic carbocycles. The summed E-state index contributed by atoms with van der Waals surface area (Å²) in [4.78, 5) is 42.4. The summed E-state index contributed by atoms with van der Waals surface area (Å²) in [6.07, 6.45) is 4.92. The van der Waals surface area contributed by atoms with Crippen LogP contribution in [0.5, 0.6) is 5.75 Å². The summed E-state index contributed by atoms with van der Waals surface area (Å²) in [5, 5.41) is 5.67. The summed E-state index contributed by atoms with van der Waals surface area (Å²) >= 11 is 6.90. The summed E-state index contributed by atoms with van der Waals surface area (Å²) in [6, 6.07) is 9.19. The number of halogens is 2. The van der Waals surface area contributed by atoms with Gasteiger partial charge < -0.3 is 21.1 Å². The molecule has 3 aromatic rings. The highest BCUT2D eigenvalue weighted by molar-refractivity contribution is 7.09. The van der Waals surface area contributed by atoms with E-state index < -0.39 is 35.1 Å². The molecule has 1 heterocycles. The standard InChI is InChI=1S/C30H35ClFN5O4S/c1-30(2,3)35-28(39)25(17-10-13-20(41-4)14-11-17)37(19-12-15-22(32)21(31)16-19)29(40)26-23(33)24(36-42-26)27(38)34-18-8-6-5-7-9-18/h10-16,18,25H,5-9,33H2,1-4H3,(H,34,38)(H,35,39)/t25-/m0/s1. The lowest BCUT2D eigenvalue weighted by molar-refractivity contribution is -0.123. The molecule has 1 saturated carbocycles. The van der Waals surface area contributed by atoms with Gasteiger partial charge in [-0.2, -0.15) is 4.37 Å². The van der Waals surface area contributed by atoms with E-state index in [1.807, 2.05) is 20.8 Å². The molecule has 1 aromatic heterocycles. The number of rotatable bonds is 8. The van der Waals surface area contributed by atoms with Crippen LogP contribution < -0.4 is 26.0 Å². The van der Waals surface area contributed by atoms with Gasteiger partial charge in [-0.05, 0) is 81.0 Å². The van der Waals surface area contributed by atoms with Gasteiger partial charge in [0.1, 0.15) is 22.5 Å². The molecule has 0 bridgehead atoms. The van der Waals surface area contributed by atoms with Crippen LogP contribution in [0.4, 0.5) is 15.8 Å². The zero-order valence-electron chi connectivity index (χ0n) is 24.0. The molecule has 0 spiro atoms. The Morgan fingerprint density at radius 3 is 2.38 bits per heavy atom. The number of aromatic nitrogens is 1. The molecular weight excluding hydrogens is 581 g/mol. The molecule has 1 atom stereocenters. The molecule has 4 rings (SSSR count). The molecule has 3 amide bonds. The number of methoxy groups -OCH3 is 1. The van der Waals surface area contributed by atoms with Crippen LogP contribution >= 0.6 is 23.1 Å². The SMILES string of the molecule is COc1ccc([C@@H](C(=O)NC(C)(C)C)N(C(=O)c2snc(C(=O)NC3CCCCC3)c2N)c2ccc(F)c(Cl)c2)cc1. The molecule has 2 aromatic carbocycles. The van der Waals surface area contributed by atoms with Crippen molar-refractivity contribution in [2.45, 2.75) is 70.5 Å². The van der Waals surface area contributed by atoms with Gasteiger partial charge in [-0.15, -0.1) is 0 Å². The van der Waals surface area contributed by atoms with Gasteiger partial charge in [0.2, 0.25) is 5.91 Å². The average molecular weight is 616 g/mol. The third-order valence-corrected chi connectivity index (χ3v) is 8.05. The molecule has 0 aliphatic heterocycles. The van der Waals surface area contributed by atoms with Crippen molar-refractivity contribution in [3.8, 4) is 5.75 Å². The second kappa shape index (κ2) is 13.1. The molecule has 12 heteroatoms. The lowest BCUT2D eigenvalue weighted by Gasteiger charge is -2.33. The largest absolute Gasteiger partial charge is 0.497 e. The smallest absolute Gasteiger partial charge is 0.273 e. The fraction of sp³-hybridized carbons (Fsp3) is 0.400. The van der Waals surface area contributed by atoms with Crippen LogP contribution in [0.25, 0.3) is 0 Å². The fourth-order valence-corrected chi connectivity index (χ4v) is 5.80. The summed E-state index contributed by atoms with van der Waals surface area (Å²) in [5.74, 6) is -1.79. The Morgan fingerprint density at radius 1 is 1.12 bits per heavy atom. The number of carbonyl (C=O) groups excluding carboxylic acids is 3. The molecule has 224 valence electrons. The van der Waals surface area contributed by atoms with Gasteiger partial charge in [-0.3, -0.25) is 19.3 Å². The highest BCUT2D eigenvalue weighted by atomic mass is 35.5. The normalized spacial score (nSPS) is 14.6. The number of anilines is 2. The Morgan fingerprint density at radius 2 is 1.79 bits per heavy atom. The van der Waals surface area contributed by atoms with Gasteiger partial charge in [-0.25, -0.2) is 4.39 Å². The molecule has 42 heavy (non-hydrogen) atoms. The topological polar surface area (TPSA) is 127 Å². The summed E-state index contributed by atoms with van der Waals surface area (Å²) < 4.78 is 23.7.